The molecular formula is C16H22OS. The summed E-state index contributed by atoms with van der Waals surface area (Å²) in [6.45, 7) is 2.46. The highest BCUT2D eigenvalue weighted by Gasteiger charge is 2.37. The van der Waals surface area contributed by atoms with Gasteiger partial charge in [-0.05, 0) is 60.1 Å². The number of fused-ring (bicyclic) bond motifs is 4. The smallest absolute Gasteiger partial charge is 0.119 e. The van der Waals surface area contributed by atoms with Crippen LogP contribution in [0.1, 0.15) is 43.7 Å². The molecule has 1 fully saturated rings. The highest BCUT2D eigenvalue weighted by Crippen LogP contribution is 2.46. The summed E-state index contributed by atoms with van der Waals surface area (Å²) in [5.74, 6) is 2.37. The van der Waals surface area contributed by atoms with Crippen LogP contribution < -0.4 is 4.74 Å². The van der Waals surface area contributed by atoms with Crippen molar-refractivity contribution in [1.29, 1.82) is 0 Å². The fourth-order valence-electron chi connectivity index (χ4n) is 3.57. The zero-order chi connectivity index (χ0) is 12.6. The molecule has 0 spiro atoms. The SMILES string of the molecule is COc1ccc2c(c1)C1(C)CCCCSC(C2)C1. The van der Waals surface area contributed by atoms with Crippen molar-refractivity contribution in [3.8, 4) is 5.75 Å². The van der Waals surface area contributed by atoms with Crippen molar-refractivity contribution < 1.29 is 4.74 Å². The fourth-order valence-corrected chi connectivity index (χ4v) is 5.06. The van der Waals surface area contributed by atoms with Crippen molar-refractivity contribution >= 4 is 11.8 Å². The number of ether oxygens (including phenoxy) is 1. The first kappa shape index (κ1) is 12.4. The lowest BCUT2D eigenvalue weighted by molar-refractivity contribution is 0.352. The molecule has 2 atom stereocenters. The molecule has 0 N–H and O–H groups in total. The van der Waals surface area contributed by atoms with E-state index in [2.05, 4.69) is 36.9 Å². The first-order chi connectivity index (χ1) is 8.71. The van der Waals surface area contributed by atoms with Crippen LogP contribution in [0.25, 0.3) is 0 Å². The van der Waals surface area contributed by atoms with Crippen LogP contribution in [0.5, 0.6) is 5.75 Å². The molecular weight excluding hydrogens is 240 g/mol. The van der Waals surface area contributed by atoms with Crippen LogP contribution in [0.2, 0.25) is 0 Å². The molecule has 1 heterocycles. The molecule has 3 rings (SSSR count). The van der Waals surface area contributed by atoms with Gasteiger partial charge in [-0.1, -0.05) is 19.4 Å². The molecule has 0 saturated carbocycles. The van der Waals surface area contributed by atoms with Crippen LogP contribution in [0.3, 0.4) is 0 Å². The molecule has 1 saturated heterocycles. The summed E-state index contributed by atoms with van der Waals surface area (Å²) < 4.78 is 5.41. The normalized spacial score (nSPS) is 31.1. The van der Waals surface area contributed by atoms with Gasteiger partial charge < -0.3 is 4.74 Å². The van der Waals surface area contributed by atoms with Gasteiger partial charge in [0.15, 0.2) is 0 Å². The number of hydrogen-bond acceptors (Lipinski definition) is 2. The molecule has 1 aliphatic carbocycles. The van der Waals surface area contributed by atoms with Gasteiger partial charge >= 0.3 is 0 Å². The van der Waals surface area contributed by atoms with E-state index in [0.717, 1.165) is 11.0 Å². The fraction of sp³-hybridized carbons (Fsp3) is 0.625. The summed E-state index contributed by atoms with van der Waals surface area (Å²) in [5, 5.41) is 0.830. The Morgan fingerprint density at radius 1 is 1.33 bits per heavy atom. The Labute approximate surface area is 114 Å². The number of hydrogen-bond donors (Lipinski definition) is 0. The van der Waals surface area contributed by atoms with Crippen molar-refractivity contribution in [3.05, 3.63) is 29.3 Å². The number of thioether (sulfide) groups is 1. The Bertz CT molecular complexity index is 443. The lowest BCUT2D eigenvalue weighted by Gasteiger charge is -2.41. The molecule has 18 heavy (non-hydrogen) atoms. The van der Waals surface area contributed by atoms with E-state index in [4.69, 9.17) is 4.74 Å². The Kier molecular flexibility index (Phi) is 3.31. The van der Waals surface area contributed by atoms with E-state index in [-0.39, 0.29) is 0 Å². The quantitative estimate of drug-likeness (QED) is 0.750. The van der Waals surface area contributed by atoms with Gasteiger partial charge in [0.05, 0.1) is 7.11 Å². The Hall–Kier alpha value is -0.630. The summed E-state index contributed by atoms with van der Waals surface area (Å²) in [6, 6.07) is 6.70. The molecule has 2 unspecified atom stereocenters. The summed E-state index contributed by atoms with van der Waals surface area (Å²) in [4.78, 5) is 0. The van der Waals surface area contributed by atoms with Crippen molar-refractivity contribution in [1.82, 2.24) is 0 Å². The molecule has 98 valence electrons. The number of benzene rings is 1. The molecule has 0 amide bonds. The van der Waals surface area contributed by atoms with Gasteiger partial charge in [0.1, 0.15) is 5.75 Å². The van der Waals surface area contributed by atoms with E-state index in [1.54, 1.807) is 18.2 Å². The third-order valence-corrected chi connectivity index (χ3v) is 5.90. The van der Waals surface area contributed by atoms with Crippen LogP contribution >= 0.6 is 11.8 Å². The first-order valence-corrected chi connectivity index (χ1v) is 8.05. The lowest BCUT2D eigenvalue weighted by Crippen LogP contribution is -2.35. The van der Waals surface area contributed by atoms with Crippen LogP contribution in [0.15, 0.2) is 18.2 Å². The molecule has 1 aromatic rings. The third kappa shape index (κ3) is 2.16. The maximum atomic E-state index is 5.41. The zero-order valence-electron chi connectivity index (χ0n) is 11.4. The van der Waals surface area contributed by atoms with Gasteiger partial charge in [0, 0.05) is 5.25 Å². The van der Waals surface area contributed by atoms with E-state index in [1.807, 2.05) is 0 Å². The Balaban J connectivity index is 2.03. The molecule has 2 heteroatoms. The summed E-state index contributed by atoms with van der Waals surface area (Å²) >= 11 is 2.19. The molecule has 2 aliphatic rings. The van der Waals surface area contributed by atoms with Gasteiger partial charge in [-0.2, -0.15) is 11.8 Å². The second kappa shape index (κ2) is 4.80. The van der Waals surface area contributed by atoms with E-state index < -0.39 is 0 Å². The van der Waals surface area contributed by atoms with Gasteiger partial charge in [0.25, 0.3) is 0 Å². The predicted molar refractivity (Wildman–Crippen MR) is 78.8 cm³/mol. The lowest BCUT2D eigenvalue weighted by atomic mass is 9.68. The number of methoxy groups -OCH3 is 1. The topological polar surface area (TPSA) is 9.23 Å². The summed E-state index contributed by atoms with van der Waals surface area (Å²) in [7, 11) is 1.77. The third-order valence-electron chi connectivity index (χ3n) is 4.57. The maximum Gasteiger partial charge on any atom is 0.119 e. The molecule has 0 aromatic heterocycles. The standard InChI is InChI=1S/C16H22OS/c1-16-7-3-4-8-18-14(11-16)9-12-5-6-13(17-2)10-15(12)16/h5-6,10,14H,3-4,7-9,11H2,1-2H3. The second-order valence-corrected chi connectivity index (χ2v) is 7.35. The highest BCUT2D eigenvalue weighted by molar-refractivity contribution is 7.99. The summed E-state index contributed by atoms with van der Waals surface area (Å²) in [6.07, 6.45) is 6.69. The van der Waals surface area contributed by atoms with E-state index in [1.165, 1.54) is 37.9 Å². The molecule has 1 aromatic carbocycles. The van der Waals surface area contributed by atoms with Crippen LogP contribution in [0, 0.1) is 0 Å². The molecule has 1 aliphatic heterocycles. The average molecular weight is 262 g/mol. The zero-order valence-corrected chi connectivity index (χ0v) is 12.2. The van der Waals surface area contributed by atoms with Crippen molar-refractivity contribution in [2.45, 2.75) is 49.7 Å². The Morgan fingerprint density at radius 3 is 3.06 bits per heavy atom. The summed E-state index contributed by atoms with van der Waals surface area (Å²) in [5.41, 5.74) is 3.49. The van der Waals surface area contributed by atoms with Crippen LogP contribution in [-0.4, -0.2) is 18.1 Å². The highest BCUT2D eigenvalue weighted by atomic mass is 32.2. The van der Waals surface area contributed by atoms with Gasteiger partial charge in [-0.15, -0.1) is 0 Å². The van der Waals surface area contributed by atoms with Crippen LogP contribution in [-0.2, 0) is 11.8 Å². The molecule has 1 nitrogen and oxygen atoms in total. The van der Waals surface area contributed by atoms with Crippen molar-refractivity contribution in [3.63, 3.8) is 0 Å². The minimum absolute atomic E-state index is 0.375. The van der Waals surface area contributed by atoms with E-state index in [9.17, 15) is 0 Å². The average Bonchev–Trinajstić information content (AvgIpc) is 2.36. The minimum atomic E-state index is 0.375. The van der Waals surface area contributed by atoms with Gasteiger partial charge in [-0.3, -0.25) is 0 Å². The monoisotopic (exact) mass is 262 g/mol. The Morgan fingerprint density at radius 2 is 2.22 bits per heavy atom. The maximum absolute atomic E-state index is 5.41. The predicted octanol–water partition coefficient (Wildman–Crippen LogP) is 4.18. The largest absolute Gasteiger partial charge is 0.497 e. The molecule has 2 bridgehead atoms. The van der Waals surface area contributed by atoms with Crippen molar-refractivity contribution in [2.24, 2.45) is 0 Å². The van der Waals surface area contributed by atoms with Gasteiger partial charge in [0.2, 0.25) is 0 Å². The van der Waals surface area contributed by atoms with Crippen molar-refractivity contribution in [2.75, 3.05) is 12.9 Å². The van der Waals surface area contributed by atoms with Gasteiger partial charge in [-0.25, -0.2) is 0 Å². The molecule has 0 radical (unpaired) electrons. The first-order valence-electron chi connectivity index (χ1n) is 7.00. The second-order valence-electron chi connectivity index (χ2n) is 5.94. The van der Waals surface area contributed by atoms with E-state index in [0.29, 0.717) is 5.41 Å². The van der Waals surface area contributed by atoms with E-state index >= 15 is 0 Å². The number of rotatable bonds is 1. The van der Waals surface area contributed by atoms with Crippen LogP contribution in [0.4, 0.5) is 0 Å². The minimum Gasteiger partial charge on any atom is -0.497 e.